The Hall–Kier alpha value is -2.21. The van der Waals surface area contributed by atoms with E-state index in [0.717, 1.165) is 5.56 Å². The van der Waals surface area contributed by atoms with Crippen molar-refractivity contribution < 1.29 is 14.7 Å². The Morgan fingerprint density at radius 2 is 2.25 bits per heavy atom. The van der Waals surface area contributed by atoms with E-state index in [1.165, 1.54) is 6.08 Å². The molecule has 0 saturated carbocycles. The summed E-state index contributed by atoms with van der Waals surface area (Å²) in [7, 11) is 0. The number of aromatic nitrogens is 1. The molecule has 0 fully saturated rings. The maximum atomic E-state index is 11.5. The highest BCUT2D eigenvalue weighted by atomic mass is 16.4. The van der Waals surface area contributed by atoms with Crippen molar-refractivity contribution in [3.63, 3.8) is 0 Å². The summed E-state index contributed by atoms with van der Waals surface area (Å²) < 4.78 is 0. The van der Waals surface area contributed by atoms with Crippen molar-refractivity contribution >= 4 is 18.0 Å². The topological polar surface area (TPSA) is 105 Å². The molecular formula is C14H19N3O3. The molecule has 1 amide bonds. The summed E-state index contributed by atoms with van der Waals surface area (Å²) in [6.07, 6.45) is 8.24. The second-order valence-electron chi connectivity index (χ2n) is 4.35. The molecule has 20 heavy (non-hydrogen) atoms. The number of rotatable bonds is 8. The van der Waals surface area contributed by atoms with Crippen molar-refractivity contribution in [3.8, 4) is 0 Å². The number of nitrogens with zero attached hydrogens (tertiary/aromatic N) is 1. The van der Waals surface area contributed by atoms with Crippen molar-refractivity contribution in [2.45, 2.75) is 25.3 Å². The van der Waals surface area contributed by atoms with Crippen LogP contribution < -0.4 is 11.1 Å². The molecule has 0 bridgehead atoms. The van der Waals surface area contributed by atoms with Crippen LogP contribution in [0, 0.1) is 0 Å². The molecule has 108 valence electrons. The maximum Gasteiger partial charge on any atom is 0.320 e. The van der Waals surface area contributed by atoms with Crippen molar-refractivity contribution in [1.82, 2.24) is 10.3 Å². The lowest BCUT2D eigenvalue weighted by molar-refractivity contribution is -0.138. The number of hydrogen-bond donors (Lipinski definition) is 3. The Morgan fingerprint density at radius 1 is 1.45 bits per heavy atom. The number of amides is 1. The average Bonchev–Trinajstić information content (AvgIpc) is 2.45. The molecule has 0 radical (unpaired) electrons. The van der Waals surface area contributed by atoms with Crippen LogP contribution in [0.5, 0.6) is 0 Å². The van der Waals surface area contributed by atoms with E-state index in [2.05, 4.69) is 10.3 Å². The van der Waals surface area contributed by atoms with Crippen LogP contribution in [-0.2, 0) is 9.59 Å². The average molecular weight is 277 g/mol. The van der Waals surface area contributed by atoms with Crippen LogP contribution in [0.3, 0.4) is 0 Å². The molecule has 1 rings (SSSR count). The molecule has 0 aromatic carbocycles. The van der Waals surface area contributed by atoms with Gasteiger partial charge in [0.25, 0.3) is 0 Å². The van der Waals surface area contributed by atoms with Crippen LogP contribution in [0.25, 0.3) is 6.08 Å². The zero-order valence-electron chi connectivity index (χ0n) is 11.2. The van der Waals surface area contributed by atoms with Gasteiger partial charge < -0.3 is 16.2 Å². The second-order valence-corrected chi connectivity index (χ2v) is 4.35. The molecule has 0 aliphatic heterocycles. The molecule has 6 heteroatoms. The Bertz CT molecular complexity index is 460. The van der Waals surface area contributed by atoms with Gasteiger partial charge in [-0.2, -0.15) is 0 Å². The first-order chi connectivity index (χ1) is 9.59. The Balaban J connectivity index is 2.15. The van der Waals surface area contributed by atoms with E-state index in [-0.39, 0.29) is 5.91 Å². The third-order valence-corrected chi connectivity index (χ3v) is 2.67. The number of carboxylic acid groups (broad SMARTS) is 1. The number of unbranched alkanes of at least 4 members (excludes halogenated alkanes) is 1. The van der Waals surface area contributed by atoms with Gasteiger partial charge in [-0.3, -0.25) is 14.6 Å². The Morgan fingerprint density at radius 3 is 2.90 bits per heavy atom. The summed E-state index contributed by atoms with van der Waals surface area (Å²) in [5.74, 6) is -1.18. The summed E-state index contributed by atoms with van der Waals surface area (Å²) in [5.41, 5.74) is 6.22. The predicted molar refractivity (Wildman–Crippen MR) is 75.7 cm³/mol. The van der Waals surface area contributed by atoms with Gasteiger partial charge in [-0.1, -0.05) is 6.07 Å². The second kappa shape index (κ2) is 8.82. The van der Waals surface area contributed by atoms with Crippen LogP contribution >= 0.6 is 0 Å². The molecule has 0 aliphatic rings. The van der Waals surface area contributed by atoms with Gasteiger partial charge in [0.15, 0.2) is 0 Å². The first-order valence-corrected chi connectivity index (χ1v) is 6.44. The molecule has 1 aromatic heterocycles. The minimum absolute atomic E-state index is 0.184. The zero-order chi connectivity index (χ0) is 14.8. The SMILES string of the molecule is NC(CCCCNC(=O)/C=C/c1cccnc1)C(=O)O. The zero-order valence-corrected chi connectivity index (χ0v) is 11.2. The lowest BCUT2D eigenvalue weighted by Gasteiger charge is -2.06. The Kier molecular flexibility index (Phi) is 6.99. The number of nitrogens with two attached hydrogens (primary N) is 1. The van der Waals surface area contributed by atoms with Gasteiger partial charge in [0, 0.05) is 25.0 Å². The molecule has 0 aliphatic carbocycles. The highest BCUT2D eigenvalue weighted by Crippen LogP contribution is 1.99. The first-order valence-electron chi connectivity index (χ1n) is 6.44. The summed E-state index contributed by atoms with van der Waals surface area (Å²) in [6.45, 7) is 0.503. The van der Waals surface area contributed by atoms with Crippen molar-refractivity contribution in [3.05, 3.63) is 36.2 Å². The molecule has 0 saturated heterocycles. The smallest absolute Gasteiger partial charge is 0.320 e. The van der Waals surface area contributed by atoms with Crippen LogP contribution in [0.15, 0.2) is 30.6 Å². The molecule has 4 N–H and O–H groups in total. The number of hydrogen-bond acceptors (Lipinski definition) is 4. The fourth-order valence-electron chi connectivity index (χ4n) is 1.53. The van der Waals surface area contributed by atoms with Gasteiger partial charge in [-0.05, 0) is 37.0 Å². The third kappa shape index (κ3) is 6.65. The third-order valence-electron chi connectivity index (χ3n) is 2.67. The molecule has 6 nitrogen and oxygen atoms in total. The van der Waals surface area contributed by atoms with Gasteiger partial charge in [0.1, 0.15) is 6.04 Å². The fraction of sp³-hybridized carbons (Fsp3) is 0.357. The number of carbonyl (C=O) groups is 2. The molecule has 0 spiro atoms. The number of nitrogens with one attached hydrogen (secondary N) is 1. The van der Waals surface area contributed by atoms with E-state index in [9.17, 15) is 9.59 Å². The van der Waals surface area contributed by atoms with Gasteiger partial charge in [-0.25, -0.2) is 0 Å². The van der Waals surface area contributed by atoms with Gasteiger partial charge in [0.05, 0.1) is 0 Å². The highest BCUT2D eigenvalue weighted by Gasteiger charge is 2.09. The Labute approximate surface area is 117 Å². The normalized spacial score (nSPS) is 12.2. The predicted octanol–water partition coefficient (Wildman–Crippen LogP) is 0.793. The minimum atomic E-state index is -0.992. The standard InChI is InChI=1S/C14H19N3O3/c15-12(14(19)20)5-1-2-9-17-13(18)7-6-11-4-3-8-16-10-11/h3-4,6-8,10,12H,1-2,5,9,15H2,(H,17,18)(H,19,20)/b7-6+. The largest absolute Gasteiger partial charge is 0.480 e. The van der Waals surface area contributed by atoms with Gasteiger partial charge in [0.2, 0.25) is 5.91 Å². The summed E-state index contributed by atoms with van der Waals surface area (Å²) in [4.78, 5) is 25.9. The van der Waals surface area contributed by atoms with Crippen LogP contribution in [0.1, 0.15) is 24.8 Å². The first kappa shape index (κ1) is 15.8. The van der Waals surface area contributed by atoms with Crippen LogP contribution in [0.2, 0.25) is 0 Å². The van der Waals surface area contributed by atoms with E-state index in [4.69, 9.17) is 10.8 Å². The van der Waals surface area contributed by atoms with E-state index in [0.29, 0.717) is 25.8 Å². The van der Waals surface area contributed by atoms with Gasteiger partial charge >= 0.3 is 5.97 Å². The van der Waals surface area contributed by atoms with Crippen molar-refractivity contribution in [1.29, 1.82) is 0 Å². The maximum absolute atomic E-state index is 11.5. The minimum Gasteiger partial charge on any atom is -0.480 e. The van der Waals surface area contributed by atoms with E-state index in [1.807, 2.05) is 6.07 Å². The number of carbonyl (C=O) groups excluding carboxylic acids is 1. The number of pyridine rings is 1. The lowest BCUT2D eigenvalue weighted by atomic mass is 10.1. The molecule has 1 aromatic rings. The van der Waals surface area contributed by atoms with E-state index < -0.39 is 12.0 Å². The quantitative estimate of drug-likeness (QED) is 0.481. The van der Waals surface area contributed by atoms with Crippen molar-refractivity contribution in [2.75, 3.05) is 6.54 Å². The lowest BCUT2D eigenvalue weighted by Crippen LogP contribution is -2.30. The molecule has 1 unspecified atom stereocenters. The van der Waals surface area contributed by atoms with Crippen LogP contribution in [0.4, 0.5) is 0 Å². The summed E-state index contributed by atoms with van der Waals surface area (Å²) in [6, 6.07) is 2.82. The van der Waals surface area contributed by atoms with Gasteiger partial charge in [-0.15, -0.1) is 0 Å². The van der Waals surface area contributed by atoms with E-state index in [1.54, 1.807) is 24.5 Å². The van der Waals surface area contributed by atoms with E-state index >= 15 is 0 Å². The molecule has 1 atom stereocenters. The summed E-state index contributed by atoms with van der Waals surface area (Å²) in [5, 5.41) is 11.3. The fourth-order valence-corrected chi connectivity index (χ4v) is 1.53. The highest BCUT2D eigenvalue weighted by molar-refractivity contribution is 5.91. The number of aliphatic carboxylic acids is 1. The van der Waals surface area contributed by atoms with Crippen LogP contribution in [-0.4, -0.2) is 34.6 Å². The summed E-state index contributed by atoms with van der Waals surface area (Å²) >= 11 is 0. The number of carboxylic acids is 1. The molecular weight excluding hydrogens is 258 g/mol. The van der Waals surface area contributed by atoms with Crippen molar-refractivity contribution in [2.24, 2.45) is 5.73 Å². The monoisotopic (exact) mass is 277 g/mol. The molecule has 1 heterocycles.